The van der Waals surface area contributed by atoms with Crippen LogP contribution in [0.15, 0.2) is 0 Å². The Balaban J connectivity index is 2.13. The summed E-state index contributed by atoms with van der Waals surface area (Å²) in [4.78, 5) is 0. The van der Waals surface area contributed by atoms with Gasteiger partial charge in [0.05, 0.1) is 12.0 Å². The second-order valence-electron chi connectivity index (χ2n) is 3.98. The van der Waals surface area contributed by atoms with Gasteiger partial charge >= 0.3 is 0 Å². The summed E-state index contributed by atoms with van der Waals surface area (Å²) in [7, 11) is 0. The van der Waals surface area contributed by atoms with E-state index in [4.69, 9.17) is 5.26 Å². The second kappa shape index (κ2) is 5.99. The molecule has 0 aromatic heterocycles. The topological polar surface area (TPSA) is 35.8 Å². The highest BCUT2D eigenvalue weighted by Gasteiger charge is 2.13. The van der Waals surface area contributed by atoms with Crippen LogP contribution in [-0.4, -0.2) is 12.6 Å². The van der Waals surface area contributed by atoms with E-state index in [-0.39, 0.29) is 5.92 Å². The van der Waals surface area contributed by atoms with Gasteiger partial charge in [0, 0.05) is 12.6 Å². The van der Waals surface area contributed by atoms with Gasteiger partial charge in [0.2, 0.25) is 0 Å². The van der Waals surface area contributed by atoms with E-state index in [0.29, 0.717) is 6.04 Å². The summed E-state index contributed by atoms with van der Waals surface area (Å²) in [5.74, 6) is 0.210. The number of rotatable bonds is 4. The van der Waals surface area contributed by atoms with E-state index in [0.717, 1.165) is 13.0 Å². The lowest BCUT2D eigenvalue weighted by Gasteiger charge is -2.23. The fraction of sp³-hybridized carbons (Fsp3) is 0.909. The van der Waals surface area contributed by atoms with E-state index in [1.807, 2.05) is 0 Å². The van der Waals surface area contributed by atoms with Crippen molar-refractivity contribution in [3.05, 3.63) is 0 Å². The van der Waals surface area contributed by atoms with Crippen molar-refractivity contribution in [3.63, 3.8) is 0 Å². The first kappa shape index (κ1) is 10.5. The summed E-state index contributed by atoms with van der Waals surface area (Å²) < 4.78 is 0. The van der Waals surface area contributed by atoms with Crippen LogP contribution in [0, 0.1) is 17.2 Å². The molecule has 1 aliphatic carbocycles. The van der Waals surface area contributed by atoms with E-state index < -0.39 is 0 Å². The van der Waals surface area contributed by atoms with Gasteiger partial charge in [0.15, 0.2) is 0 Å². The first-order valence-corrected chi connectivity index (χ1v) is 5.49. The molecule has 0 amide bonds. The van der Waals surface area contributed by atoms with Gasteiger partial charge in [0.1, 0.15) is 0 Å². The van der Waals surface area contributed by atoms with Crippen LogP contribution >= 0.6 is 0 Å². The smallest absolute Gasteiger partial charge is 0.0669 e. The summed E-state index contributed by atoms with van der Waals surface area (Å²) >= 11 is 0. The van der Waals surface area contributed by atoms with Crippen molar-refractivity contribution in [2.45, 2.75) is 51.5 Å². The highest BCUT2D eigenvalue weighted by Crippen LogP contribution is 2.17. The fourth-order valence-corrected chi connectivity index (χ4v) is 1.90. The predicted octanol–water partition coefficient (Wildman–Crippen LogP) is 2.46. The maximum absolute atomic E-state index is 8.77. The first-order chi connectivity index (χ1) is 6.36. The van der Waals surface area contributed by atoms with Crippen LogP contribution in [0.4, 0.5) is 0 Å². The molecule has 74 valence electrons. The van der Waals surface area contributed by atoms with Crippen LogP contribution in [0.1, 0.15) is 45.4 Å². The molecule has 2 heteroatoms. The van der Waals surface area contributed by atoms with Gasteiger partial charge in [-0.2, -0.15) is 5.26 Å². The van der Waals surface area contributed by atoms with Crippen LogP contribution < -0.4 is 5.32 Å². The SMILES string of the molecule is CCC(C#N)CNC1CCCCC1. The highest BCUT2D eigenvalue weighted by atomic mass is 14.9. The molecule has 1 atom stereocenters. The lowest BCUT2D eigenvalue weighted by Crippen LogP contribution is -2.34. The van der Waals surface area contributed by atoms with Gasteiger partial charge in [-0.25, -0.2) is 0 Å². The molecule has 0 aliphatic heterocycles. The summed E-state index contributed by atoms with van der Waals surface area (Å²) in [5.41, 5.74) is 0. The van der Waals surface area contributed by atoms with Gasteiger partial charge in [-0.05, 0) is 19.3 Å². The minimum atomic E-state index is 0.210. The van der Waals surface area contributed by atoms with Crippen LogP contribution in [0.25, 0.3) is 0 Å². The Bertz CT molecular complexity index is 165. The molecular formula is C11H20N2. The van der Waals surface area contributed by atoms with Crippen LogP contribution in [0.2, 0.25) is 0 Å². The van der Waals surface area contributed by atoms with E-state index >= 15 is 0 Å². The Morgan fingerprint density at radius 2 is 2.08 bits per heavy atom. The second-order valence-corrected chi connectivity index (χ2v) is 3.98. The molecule has 1 rings (SSSR count). The zero-order valence-corrected chi connectivity index (χ0v) is 8.55. The quantitative estimate of drug-likeness (QED) is 0.721. The Morgan fingerprint density at radius 1 is 1.38 bits per heavy atom. The number of hydrogen-bond acceptors (Lipinski definition) is 2. The van der Waals surface area contributed by atoms with Crippen molar-refractivity contribution >= 4 is 0 Å². The van der Waals surface area contributed by atoms with Gasteiger partial charge in [-0.1, -0.05) is 26.2 Å². The molecule has 0 radical (unpaired) electrons. The van der Waals surface area contributed by atoms with Crippen molar-refractivity contribution in [3.8, 4) is 6.07 Å². The summed E-state index contributed by atoms with van der Waals surface area (Å²) in [6.07, 6.45) is 7.70. The van der Waals surface area contributed by atoms with Crippen molar-refractivity contribution < 1.29 is 0 Å². The zero-order chi connectivity index (χ0) is 9.52. The van der Waals surface area contributed by atoms with Gasteiger partial charge in [0.25, 0.3) is 0 Å². The van der Waals surface area contributed by atoms with Crippen LogP contribution in [0.3, 0.4) is 0 Å². The predicted molar refractivity (Wildman–Crippen MR) is 54.3 cm³/mol. The molecule has 1 N–H and O–H groups in total. The number of nitrogens with zero attached hydrogens (tertiary/aromatic N) is 1. The molecule has 1 aliphatic rings. The zero-order valence-electron chi connectivity index (χ0n) is 8.55. The Kier molecular flexibility index (Phi) is 4.85. The molecule has 0 bridgehead atoms. The highest BCUT2D eigenvalue weighted by molar-refractivity contribution is 4.84. The van der Waals surface area contributed by atoms with E-state index in [9.17, 15) is 0 Å². The molecule has 13 heavy (non-hydrogen) atoms. The lowest BCUT2D eigenvalue weighted by molar-refractivity contribution is 0.360. The lowest BCUT2D eigenvalue weighted by atomic mass is 9.95. The minimum Gasteiger partial charge on any atom is -0.313 e. The normalized spacial score (nSPS) is 20.9. The maximum Gasteiger partial charge on any atom is 0.0669 e. The fourth-order valence-electron chi connectivity index (χ4n) is 1.90. The molecule has 2 nitrogen and oxygen atoms in total. The van der Waals surface area contributed by atoms with Gasteiger partial charge < -0.3 is 5.32 Å². The standard InChI is InChI=1S/C11H20N2/c1-2-10(8-12)9-13-11-6-4-3-5-7-11/h10-11,13H,2-7,9H2,1H3. The monoisotopic (exact) mass is 180 g/mol. The van der Waals surface area contributed by atoms with Gasteiger partial charge in [-0.3, -0.25) is 0 Å². The Morgan fingerprint density at radius 3 is 2.62 bits per heavy atom. The minimum absolute atomic E-state index is 0.210. The maximum atomic E-state index is 8.77. The average molecular weight is 180 g/mol. The van der Waals surface area contributed by atoms with Crippen LogP contribution in [-0.2, 0) is 0 Å². The Hall–Kier alpha value is -0.550. The largest absolute Gasteiger partial charge is 0.313 e. The third kappa shape index (κ3) is 3.78. The average Bonchev–Trinajstić information content (AvgIpc) is 2.21. The van der Waals surface area contributed by atoms with E-state index in [2.05, 4.69) is 18.3 Å². The van der Waals surface area contributed by atoms with E-state index in [1.54, 1.807) is 0 Å². The van der Waals surface area contributed by atoms with Crippen molar-refractivity contribution in [2.75, 3.05) is 6.54 Å². The summed E-state index contributed by atoms with van der Waals surface area (Å²) in [6.45, 7) is 2.97. The molecule has 1 fully saturated rings. The molecule has 1 saturated carbocycles. The first-order valence-electron chi connectivity index (χ1n) is 5.49. The van der Waals surface area contributed by atoms with Crippen molar-refractivity contribution in [1.82, 2.24) is 5.32 Å². The molecule has 0 aromatic carbocycles. The van der Waals surface area contributed by atoms with E-state index in [1.165, 1.54) is 32.1 Å². The molecule has 0 aromatic rings. The molecular weight excluding hydrogens is 160 g/mol. The van der Waals surface area contributed by atoms with Crippen LogP contribution in [0.5, 0.6) is 0 Å². The number of nitriles is 1. The number of nitrogens with one attached hydrogen (secondary N) is 1. The third-order valence-corrected chi connectivity index (χ3v) is 2.93. The molecule has 0 spiro atoms. The molecule has 1 unspecified atom stereocenters. The molecule has 0 heterocycles. The summed E-state index contributed by atoms with van der Waals surface area (Å²) in [5, 5.41) is 12.3. The Labute approximate surface area is 81.3 Å². The number of hydrogen-bond donors (Lipinski definition) is 1. The van der Waals surface area contributed by atoms with Gasteiger partial charge in [-0.15, -0.1) is 0 Å². The van der Waals surface area contributed by atoms with Crippen molar-refractivity contribution in [2.24, 2.45) is 5.92 Å². The van der Waals surface area contributed by atoms with Crippen molar-refractivity contribution in [1.29, 1.82) is 5.26 Å². The third-order valence-electron chi connectivity index (χ3n) is 2.93. The summed E-state index contributed by atoms with van der Waals surface area (Å²) in [6, 6.07) is 3.02. The molecule has 0 saturated heterocycles.